The number of aliphatic hydroxyl groups excluding tert-OH is 1. The van der Waals surface area contributed by atoms with E-state index in [9.17, 15) is 0 Å². The molecule has 13 heavy (non-hydrogen) atoms. The Labute approximate surface area is 77.2 Å². The van der Waals surface area contributed by atoms with E-state index in [0.717, 1.165) is 25.9 Å². The third-order valence-electron chi connectivity index (χ3n) is 1.49. The standard InChI is InChI=1S/C5H11NO.C2H4N4/c7-5-1-3-6-4-2-5;3-1-6-2(4)5/h5-7H,1-4H2;(H4,4,5,6). The molecule has 1 aliphatic rings. The molecule has 1 rings (SSSR count). The van der Waals surface area contributed by atoms with Gasteiger partial charge < -0.3 is 21.9 Å². The Morgan fingerprint density at radius 3 is 2.15 bits per heavy atom. The molecule has 0 saturated carbocycles. The number of guanidine groups is 1. The lowest BCUT2D eigenvalue weighted by Gasteiger charge is -2.16. The minimum atomic E-state index is -0.197. The van der Waals surface area contributed by atoms with Crippen molar-refractivity contribution in [2.24, 2.45) is 16.5 Å². The van der Waals surface area contributed by atoms with Crippen LogP contribution < -0.4 is 16.8 Å². The van der Waals surface area contributed by atoms with Gasteiger partial charge in [0.15, 0.2) is 0 Å². The van der Waals surface area contributed by atoms with Crippen molar-refractivity contribution >= 4 is 5.96 Å². The fourth-order valence-electron chi connectivity index (χ4n) is 0.864. The summed E-state index contributed by atoms with van der Waals surface area (Å²) >= 11 is 0. The number of aliphatic imine (C=N–C) groups is 1. The normalized spacial score (nSPS) is 16.3. The predicted molar refractivity (Wildman–Crippen MR) is 49.5 cm³/mol. The summed E-state index contributed by atoms with van der Waals surface area (Å²) in [5, 5.41) is 19.7. The van der Waals surface area contributed by atoms with E-state index in [1.54, 1.807) is 0 Å². The highest BCUT2D eigenvalue weighted by molar-refractivity contribution is 5.76. The minimum absolute atomic E-state index is 0.0266. The largest absolute Gasteiger partial charge is 0.393 e. The van der Waals surface area contributed by atoms with Crippen LogP contribution in [0.2, 0.25) is 0 Å². The minimum Gasteiger partial charge on any atom is -0.393 e. The summed E-state index contributed by atoms with van der Waals surface area (Å²) in [6.45, 7) is 1.97. The molecule has 0 amide bonds. The third kappa shape index (κ3) is 8.59. The number of nitrogens with two attached hydrogens (primary N) is 2. The summed E-state index contributed by atoms with van der Waals surface area (Å²) in [6.07, 6.45) is 3.24. The maximum atomic E-state index is 8.87. The zero-order valence-corrected chi connectivity index (χ0v) is 7.40. The van der Waals surface area contributed by atoms with Crippen LogP contribution in [0.4, 0.5) is 0 Å². The summed E-state index contributed by atoms with van der Waals surface area (Å²) in [6, 6.07) is 0. The van der Waals surface area contributed by atoms with Gasteiger partial charge in [0.2, 0.25) is 12.2 Å². The maximum Gasteiger partial charge on any atom is 0.209 e. The maximum absolute atomic E-state index is 8.87. The molecule has 0 aromatic heterocycles. The Kier molecular flexibility index (Phi) is 6.59. The van der Waals surface area contributed by atoms with Gasteiger partial charge in [-0.25, -0.2) is 0 Å². The lowest BCUT2D eigenvalue weighted by atomic mass is 10.1. The van der Waals surface area contributed by atoms with Gasteiger partial charge in [0.25, 0.3) is 0 Å². The van der Waals surface area contributed by atoms with Crippen LogP contribution in [-0.4, -0.2) is 30.3 Å². The summed E-state index contributed by atoms with van der Waals surface area (Å²) < 4.78 is 0. The molecule has 1 aliphatic heterocycles. The molecule has 1 saturated heterocycles. The van der Waals surface area contributed by atoms with Gasteiger partial charge in [-0.15, -0.1) is 4.99 Å². The molecule has 0 aromatic rings. The smallest absolute Gasteiger partial charge is 0.209 e. The Balaban J connectivity index is 0.000000226. The van der Waals surface area contributed by atoms with Gasteiger partial charge in [-0.1, -0.05) is 0 Å². The van der Waals surface area contributed by atoms with Gasteiger partial charge in [-0.05, 0) is 25.9 Å². The molecular weight excluding hydrogens is 170 g/mol. The Morgan fingerprint density at radius 2 is 2.00 bits per heavy atom. The van der Waals surface area contributed by atoms with Crippen LogP contribution in [0, 0.1) is 11.5 Å². The first kappa shape index (κ1) is 11.7. The molecule has 74 valence electrons. The molecular formula is C7H15N5O. The molecule has 0 bridgehead atoms. The second-order valence-electron chi connectivity index (χ2n) is 2.62. The molecule has 1 fully saturated rings. The van der Waals surface area contributed by atoms with Crippen molar-refractivity contribution in [1.29, 1.82) is 5.26 Å². The van der Waals surface area contributed by atoms with E-state index in [4.69, 9.17) is 21.8 Å². The molecule has 0 aliphatic carbocycles. The highest BCUT2D eigenvalue weighted by Gasteiger charge is 2.06. The monoisotopic (exact) mass is 185 g/mol. The van der Waals surface area contributed by atoms with Crippen LogP contribution in [0.5, 0.6) is 0 Å². The summed E-state index contributed by atoms with van der Waals surface area (Å²) in [5.41, 5.74) is 9.42. The first-order valence-electron chi connectivity index (χ1n) is 4.03. The molecule has 0 atom stereocenters. The van der Waals surface area contributed by atoms with Crippen molar-refractivity contribution in [3.8, 4) is 6.19 Å². The van der Waals surface area contributed by atoms with Crippen LogP contribution in [0.1, 0.15) is 12.8 Å². The topological polar surface area (TPSA) is 120 Å². The van der Waals surface area contributed by atoms with E-state index >= 15 is 0 Å². The average Bonchev–Trinajstić information content (AvgIpc) is 2.06. The van der Waals surface area contributed by atoms with Crippen molar-refractivity contribution in [3.63, 3.8) is 0 Å². The molecule has 6 heteroatoms. The number of nitrogens with one attached hydrogen (secondary N) is 1. The van der Waals surface area contributed by atoms with Crippen molar-refractivity contribution in [1.82, 2.24) is 5.32 Å². The van der Waals surface area contributed by atoms with E-state index in [-0.39, 0.29) is 12.1 Å². The molecule has 0 spiro atoms. The van der Waals surface area contributed by atoms with Crippen LogP contribution in [0.15, 0.2) is 4.99 Å². The fraction of sp³-hybridized carbons (Fsp3) is 0.714. The van der Waals surface area contributed by atoms with Crippen molar-refractivity contribution < 1.29 is 5.11 Å². The van der Waals surface area contributed by atoms with Crippen LogP contribution >= 0.6 is 0 Å². The fourth-order valence-corrected chi connectivity index (χ4v) is 0.864. The lowest BCUT2D eigenvalue weighted by Crippen LogP contribution is -2.30. The zero-order chi connectivity index (χ0) is 10.1. The van der Waals surface area contributed by atoms with Gasteiger partial charge in [0.1, 0.15) is 0 Å². The van der Waals surface area contributed by atoms with Gasteiger partial charge in [0.05, 0.1) is 6.10 Å². The van der Waals surface area contributed by atoms with Gasteiger partial charge >= 0.3 is 0 Å². The Morgan fingerprint density at radius 1 is 1.46 bits per heavy atom. The summed E-state index contributed by atoms with van der Waals surface area (Å²) in [7, 11) is 0. The van der Waals surface area contributed by atoms with E-state index in [0.29, 0.717) is 0 Å². The first-order chi connectivity index (χ1) is 6.16. The Hall–Kier alpha value is -1.32. The number of piperidine rings is 1. The number of rotatable bonds is 0. The van der Waals surface area contributed by atoms with E-state index in [1.807, 2.05) is 0 Å². The average molecular weight is 185 g/mol. The highest BCUT2D eigenvalue weighted by Crippen LogP contribution is 1.99. The van der Waals surface area contributed by atoms with E-state index < -0.39 is 0 Å². The number of nitriles is 1. The second-order valence-corrected chi connectivity index (χ2v) is 2.62. The SMILES string of the molecule is N#CN=C(N)N.OC1CCNCC1. The molecule has 0 unspecified atom stereocenters. The number of aliphatic hydroxyl groups is 1. The van der Waals surface area contributed by atoms with Gasteiger partial charge in [-0.2, -0.15) is 5.26 Å². The number of hydrogen-bond acceptors (Lipinski definition) is 4. The summed E-state index contributed by atoms with van der Waals surface area (Å²) in [5.74, 6) is -0.197. The second kappa shape index (κ2) is 7.34. The van der Waals surface area contributed by atoms with Crippen LogP contribution in [0.3, 0.4) is 0 Å². The lowest BCUT2D eigenvalue weighted by molar-refractivity contribution is 0.137. The number of hydrogen-bond donors (Lipinski definition) is 4. The third-order valence-corrected chi connectivity index (χ3v) is 1.49. The first-order valence-corrected chi connectivity index (χ1v) is 4.03. The van der Waals surface area contributed by atoms with Crippen molar-refractivity contribution in [2.45, 2.75) is 18.9 Å². The predicted octanol–water partition coefficient (Wildman–Crippen LogP) is -1.53. The molecule has 0 aromatic carbocycles. The van der Waals surface area contributed by atoms with Crippen LogP contribution in [0.25, 0.3) is 0 Å². The van der Waals surface area contributed by atoms with Crippen molar-refractivity contribution in [2.75, 3.05) is 13.1 Å². The molecule has 1 heterocycles. The van der Waals surface area contributed by atoms with Crippen molar-refractivity contribution in [3.05, 3.63) is 0 Å². The number of nitrogens with zero attached hydrogens (tertiary/aromatic N) is 2. The quantitative estimate of drug-likeness (QED) is 0.207. The molecule has 6 nitrogen and oxygen atoms in total. The highest BCUT2D eigenvalue weighted by atomic mass is 16.3. The van der Waals surface area contributed by atoms with E-state index in [2.05, 4.69) is 10.3 Å². The Bertz CT molecular complexity index is 188. The molecule has 6 N–H and O–H groups in total. The summed E-state index contributed by atoms with van der Waals surface area (Å²) in [4.78, 5) is 2.90. The van der Waals surface area contributed by atoms with Gasteiger partial charge in [-0.3, -0.25) is 0 Å². The van der Waals surface area contributed by atoms with Gasteiger partial charge in [0, 0.05) is 0 Å². The van der Waals surface area contributed by atoms with Crippen LogP contribution in [-0.2, 0) is 0 Å². The van der Waals surface area contributed by atoms with E-state index in [1.165, 1.54) is 6.19 Å². The molecule has 0 radical (unpaired) electrons. The zero-order valence-electron chi connectivity index (χ0n) is 7.40.